The fraction of sp³-hybridized carbons (Fsp3) is 0.900. The first-order valence-electron chi connectivity index (χ1n) is 5.23. The predicted octanol–water partition coefficient (Wildman–Crippen LogP) is 0.319. The van der Waals surface area contributed by atoms with Gasteiger partial charge in [0.2, 0.25) is 0 Å². The van der Waals surface area contributed by atoms with Gasteiger partial charge < -0.3 is 16.2 Å². The molecular weight excluding hydrogens is 178 g/mol. The lowest BCUT2D eigenvalue weighted by molar-refractivity contribution is 0.217. The third-order valence-electron chi connectivity index (χ3n) is 2.57. The van der Waals surface area contributed by atoms with E-state index in [4.69, 9.17) is 10.8 Å². The summed E-state index contributed by atoms with van der Waals surface area (Å²) in [5, 5.41) is 12.1. The van der Waals surface area contributed by atoms with E-state index in [1.807, 2.05) is 0 Å². The second kappa shape index (κ2) is 4.64. The SMILES string of the molecule is CC(C)CNC(N)=NCC1(CO)CC1. The normalized spacial score (nSPS) is 19.9. The Morgan fingerprint density at radius 1 is 1.57 bits per heavy atom. The van der Waals surface area contributed by atoms with Crippen LogP contribution in [0.4, 0.5) is 0 Å². The molecular formula is C10H21N3O. The molecule has 1 rings (SSSR count). The van der Waals surface area contributed by atoms with Crippen LogP contribution in [0.3, 0.4) is 0 Å². The summed E-state index contributed by atoms with van der Waals surface area (Å²) >= 11 is 0. The number of nitrogens with two attached hydrogens (primary N) is 1. The Kier molecular flexibility index (Phi) is 3.75. The van der Waals surface area contributed by atoms with Gasteiger partial charge in [0.1, 0.15) is 0 Å². The van der Waals surface area contributed by atoms with Crippen LogP contribution in [0, 0.1) is 11.3 Å². The number of nitrogens with zero attached hydrogens (tertiary/aromatic N) is 1. The molecule has 1 aliphatic carbocycles. The minimum Gasteiger partial charge on any atom is -0.396 e. The Balaban J connectivity index is 2.23. The van der Waals surface area contributed by atoms with E-state index in [9.17, 15) is 0 Å². The summed E-state index contributed by atoms with van der Waals surface area (Å²) in [5.41, 5.74) is 5.73. The molecule has 1 saturated carbocycles. The molecule has 1 fully saturated rings. The van der Waals surface area contributed by atoms with E-state index in [1.165, 1.54) is 0 Å². The summed E-state index contributed by atoms with van der Waals surface area (Å²) in [6, 6.07) is 0. The van der Waals surface area contributed by atoms with Gasteiger partial charge in [0.05, 0.1) is 13.2 Å². The number of rotatable bonds is 5. The molecule has 4 heteroatoms. The number of hydrogen-bond acceptors (Lipinski definition) is 2. The van der Waals surface area contributed by atoms with E-state index in [0.717, 1.165) is 19.4 Å². The van der Waals surface area contributed by atoms with E-state index >= 15 is 0 Å². The minimum atomic E-state index is 0.0597. The molecule has 0 spiro atoms. The number of guanidine groups is 1. The molecule has 0 aromatic carbocycles. The fourth-order valence-electron chi connectivity index (χ4n) is 1.16. The van der Waals surface area contributed by atoms with Gasteiger partial charge in [-0.15, -0.1) is 0 Å². The topological polar surface area (TPSA) is 70.6 Å². The molecule has 1 aliphatic rings. The van der Waals surface area contributed by atoms with Crippen molar-refractivity contribution in [3.63, 3.8) is 0 Å². The second-order valence-electron chi connectivity index (χ2n) is 4.63. The van der Waals surface area contributed by atoms with Crippen LogP contribution in [-0.4, -0.2) is 30.8 Å². The van der Waals surface area contributed by atoms with Crippen LogP contribution < -0.4 is 11.1 Å². The van der Waals surface area contributed by atoms with Crippen LogP contribution in [-0.2, 0) is 0 Å². The smallest absolute Gasteiger partial charge is 0.188 e. The van der Waals surface area contributed by atoms with Crippen LogP contribution in [0.2, 0.25) is 0 Å². The standard InChI is InChI=1S/C10H21N3O/c1-8(2)5-12-9(11)13-6-10(7-14)3-4-10/h8,14H,3-7H2,1-2H3,(H3,11,12,13). The maximum Gasteiger partial charge on any atom is 0.188 e. The molecule has 4 N–H and O–H groups in total. The molecule has 14 heavy (non-hydrogen) atoms. The van der Waals surface area contributed by atoms with Crippen molar-refractivity contribution in [2.75, 3.05) is 19.7 Å². The molecule has 0 atom stereocenters. The molecule has 82 valence electrons. The van der Waals surface area contributed by atoms with Gasteiger partial charge in [0.15, 0.2) is 5.96 Å². The lowest BCUT2D eigenvalue weighted by Crippen LogP contribution is -2.35. The third-order valence-corrected chi connectivity index (χ3v) is 2.57. The van der Waals surface area contributed by atoms with Crippen molar-refractivity contribution in [1.29, 1.82) is 0 Å². The van der Waals surface area contributed by atoms with Crippen molar-refractivity contribution in [1.82, 2.24) is 5.32 Å². The fourth-order valence-corrected chi connectivity index (χ4v) is 1.16. The molecule has 0 amide bonds. The molecule has 4 nitrogen and oxygen atoms in total. The van der Waals surface area contributed by atoms with Gasteiger partial charge in [-0.3, -0.25) is 4.99 Å². The van der Waals surface area contributed by atoms with Gasteiger partial charge in [0, 0.05) is 12.0 Å². The maximum absolute atomic E-state index is 9.06. The van der Waals surface area contributed by atoms with Crippen molar-refractivity contribution < 1.29 is 5.11 Å². The van der Waals surface area contributed by atoms with Gasteiger partial charge in [0.25, 0.3) is 0 Å². The van der Waals surface area contributed by atoms with Gasteiger partial charge in [-0.1, -0.05) is 13.8 Å². The second-order valence-corrected chi connectivity index (χ2v) is 4.63. The lowest BCUT2D eigenvalue weighted by Gasteiger charge is -2.10. The van der Waals surface area contributed by atoms with Crippen molar-refractivity contribution in [2.24, 2.45) is 22.1 Å². The first-order valence-corrected chi connectivity index (χ1v) is 5.23. The largest absolute Gasteiger partial charge is 0.396 e. The minimum absolute atomic E-state index is 0.0597. The Morgan fingerprint density at radius 2 is 2.21 bits per heavy atom. The van der Waals surface area contributed by atoms with Gasteiger partial charge >= 0.3 is 0 Å². The predicted molar refractivity (Wildman–Crippen MR) is 58.1 cm³/mol. The van der Waals surface area contributed by atoms with Crippen molar-refractivity contribution in [3.05, 3.63) is 0 Å². The number of hydrogen-bond donors (Lipinski definition) is 3. The number of aliphatic imine (C=N–C) groups is 1. The Hall–Kier alpha value is -0.770. The molecule has 0 bridgehead atoms. The molecule has 0 aromatic rings. The van der Waals surface area contributed by atoms with Gasteiger partial charge in [-0.25, -0.2) is 0 Å². The van der Waals surface area contributed by atoms with E-state index < -0.39 is 0 Å². The highest BCUT2D eigenvalue weighted by atomic mass is 16.3. The lowest BCUT2D eigenvalue weighted by atomic mass is 10.1. The van der Waals surface area contributed by atoms with Crippen LogP contribution >= 0.6 is 0 Å². The van der Waals surface area contributed by atoms with Crippen molar-refractivity contribution >= 4 is 5.96 Å². The van der Waals surface area contributed by atoms with Crippen LogP contribution in [0.1, 0.15) is 26.7 Å². The highest BCUT2D eigenvalue weighted by Gasteiger charge is 2.41. The van der Waals surface area contributed by atoms with E-state index in [2.05, 4.69) is 24.2 Å². The summed E-state index contributed by atoms with van der Waals surface area (Å²) in [5.74, 6) is 1.06. The Morgan fingerprint density at radius 3 is 2.64 bits per heavy atom. The monoisotopic (exact) mass is 199 g/mol. The van der Waals surface area contributed by atoms with Gasteiger partial charge in [-0.2, -0.15) is 0 Å². The van der Waals surface area contributed by atoms with Gasteiger partial charge in [-0.05, 0) is 18.8 Å². The average molecular weight is 199 g/mol. The zero-order valence-corrected chi connectivity index (χ0v) is 9.08. The van der Waals surface area contributed by atoms with Crippen molar-refractivity contribution in [2.45, 2.75) is 26.7 Å². The summed E-state index contributed by atoms with van der Waals surface area (Å²) < 4.78 is 0. The number of nitrogens with one attached hydrogen (secondary N) is 1. The van der Waals surface area contributed by atoms with Crippen molar-refractivity contribution in [3.8, 4) is 0 Å². The van der Waals surface area contributed by atoms with Crippen LogP contribution in [0.25, 0.3) is 0 Å². The van der Waals surface area contributed by atoms with Crippen LogP contribution in [0.15, 0.2) is 4.99 Å². The summed E-state index contributed by atoms with van der Waals surface area (Å²) in [4.78, 5) is 4.22. The highest BCUT2D eigenvalue weighted by molar-refractivity contribution is 5.77. The summed E-state index contributed by atoms with van der Waals surface area (Å²) in [7, 11) is 0. The summed E-state index contributed by atoms with van der Waals surface area (Å²) in [6.45, 7) is 5.97. The van der Waals surface area contributed by atoms with E-state index in [1.54, 1.807) is 0 Å². The molecule has 0 unspecified atom stereocenters. The van der Waals surface area contributed by atoms with E-state index in [0.29, 0.717) is 18.4 Å². The quantitative estimate of drug-likeness (QED) is 0.441. The highest BCUT2D eigenvalue weighted by Crippen LogP contribution is 2.45. The first kappa shape index (κ1) is 11.3. The molecule has 0 aromatic heterocycles. The average Bonchev–Trinajstić information content (AvgIpc) is 2.92. The van der Waals surface area contributed by atoms with Crippen LogP contribution in [0.5, 0.6) is 0 Å². The zero-order valence-electron chi connectivity index (χ0n) is 9.08. The maximum atomic E-state index is 9.06. The number of aliphatic hydroxyl groups is 1. The third kappa shape index (κ3) is 3.54. The Bertz CT molecular complexity index is 209. The molecule has 0 radical (unpaired) electrons. The zero-order chi connectivity index (χ0) is 10.6. The molecule has 0 saturated heterocycles. The summed E-state index contributed by atoms with van der Waals surface area (Å²) in [6.07, 6.45) is 2.15. The first-order chi connectivity index (χ1) is 6.58. The Labute approximate surface area is 85.6 Å². The number of aliphatic hydroxyl groups excluding tert-OH is 1. The molecule has 0 heterocycles. The molecule has 0 aliphatic heterocycles. The van der Waals surface area contributed by atoms with E-state index in [-0.39, 0.29) is 12.0 Å².